The number of rotatable bonds is 5. The number of carbonyl (C=O) groups excluding carboxylic acids is 2. The molecule has 0 bridgehead atoms. The van der Waals surface area contributed by atoms with Crippen molar-refractivity contribution in [3.8, 4) is 0 Å². The lowest BCUT2D eigenvalue weighted by molar-refractivity contribution is -0.116. The summed E-state index contributed by atoms with van der Waals surface area (Å²) in [6, 6.07) is 9.52. The standard InChI is InChI=1S/C17H17NO3/c19-15-8-10-17(21,11-9-15)12-13-18-16(20)7-6-14-4-2-1-3-5-14/h1-11,21H,12-13H2,(H,18,20)/b7-6+. The molecule has 1 aliphatic rings. The highest BCUT2D eigenvalue weighted by Gasteiger charge is 2.22. The first-order chi connectivity index (χ1) is 10.1. The van der Waals surface area contributed by atoms with Crippen LogP contribution in [-0.4, -0.2) is 28.9 Å². The lowest BCUT2D eigenvalue weighted by Gasteiger charge is -2.22. The van der Waals surface area contributed by atoms with Gasteiger partial charge in [-0.3, -0.25) is 9.59 Å². The Morgan fingerprint density at radius 2 is 1.86 bits per heavy atom. The molecule has 2 rings (SSSR count). The van der Waals surface area contributed by atoms with E-state index >= 15 is 0 Å². The summed E-state index contributed by atoms with van der Waals surface area (Å²) in [5.74, 6) is -0.364. The minimum Gasteiger partial charge on any atom is -0.382 e. The molecule has 0 aromatic heterocycles. The minimum absolute atomic E-state index is 0.144. The third-order valence-corrected chi connectivity index (χ3v) is 3.12. The number of ketones is 1. The maximum absolute atomic E-state index is 11.6. The van der Waals surface area contributed by atoms with Crippen molar-refractivity contribution in [1.82, 2.24) is 5.32 Å². The maximum Gasteiger partial charge on any atom is 0.244 e. The molecule has 1 amide bonds. The van der Waals surface area contributed by atoms with Crippen LogP contribution in [0.3, 0.4) is 0 Å². The predicted octanol–water partition coefficient (Wildman–Crippen LogP) is 1.63. The van der Waals surface area contributed by atoms with Crippen LogP contribution in [0.15, 0.2) is 60.7 Å². The number of hydrogen-bond donors (Lipinski definition) is 2. The molecule has 0 fully saturated rings. The summed E-state index contributed by atoms with van der Waals surface area (Å²) in [6.07, 6.45) is 9.05. The van der Waals surface area contributed by atoms with Crippen molar-refractivity contribution in [1.29, 1.82) is 0 Å². The molecule has 0 atom stereocenters. The molecule has 4 heteroatoms. The topological polar surface area (TPSA) is 66.4 Å². The van der Waals surface area contributed by atoms with E-state index in [0.717, 1.165) is 5.56 Å². The van der Waals surface area contributed by atoms with E-state index in [1.807, 2.05) is 30.3 Å². The second-order valence-electron chi connectivity index (χ2n) is 4.85. The summed E-state index contributed by atoms with van der Waals surface area (Å²) in [5, 5.41) is 12.8. The molecule has 0 unspecified atom stereocenters. The maximum atomic E-state index is 11.6. The second-order valence-corrected chi connectivity index (χ2v) is 4.85. The van der Waals surface area contributed by atoms with E-state index in [9.17, 15) is 14.7 Å². The molecule has 0 aliphatic heterocycles. The minimum atomic E-state index is -1.16. The normalized spacial score (nSPS) is 16.3. The lowest BCUT2D eigenvalue weighted by Crippen LogP contribution is -2.32. The molecule has 4 nitrogen and oxygen atoms in total. The number of aliphatic hydroxyl groups is 1. The highest BCUT2D eigenvalue weighted by Crippen LogP contribution is 2.17. The number of nitrogens with one attached hydrogen (secondary N) is 1. The van der Waals surface area contributed by atoms with E-state index in [-0.39, 0.29) is 11.7 Å². The summed E-state index contributed by atoms with van der Waals surface area (Å²) >= 11 is 0. The van der Waals surface area contributed by atoms with Crippen molar-refractivity contribution in [2.45, 2.75) is 12.0 Å². The third kappa shape index (κ3) is 4.85. The Balaban J connectivity index is 1.77. The molecule has 108 valence electrons. The predicted molar refractivity (Wildman–Crippen MR) is 81.3 cm³/mol. The van der Waals surface area contributed by atoms with Crippen LogP contribution in [0.1, 0.15) is 12.0 Å². The molecule has 0 saturated carbocycles. The van der Waals surface area contributed by atoms with Crippen LogP contribution in [0.4, 0.5) is 0 Å². The van der Waals surface area contributed by atoms with Crippen molar-refractivity contribution in [3.63, 3.8) is 0 Å². The average molecular weight is 283 g/mol. The molecule has 1 aromatic carbocycles. The fraction of sp³-hybridized carbons (Fsp3) is 0.176. The Bertz CT molecular complexity index is 584. The fourth-order valence-electron chi connectivity index (χ4n) is 1.91. The Morgan fingerprint density at radius 3 is 2.52 bits per heavy atom. The monoisotopic (exact) mass is 283 g/mol. The smallest absolute Gasteiger partial charge is 0.244 e. The number of hydrogen-bond acceptors (Lipinski definition) is 3. The molecule has 2 N–H and O–H groups in total. The number of amides is 1. The zero-order chi connectivity index (χ0) is 15.1. The van der Waals surface area contributed by atoms with Gasteiger partial charge >= 0.3 is 0 Å². The van der Waals surface area contributed by atoms with E-state index < -0.39 is 5.60 Å². The molecule has 21 heavy (non-hydrogen) atoms. The highest BCUT2D eigenvalue weighted by atomic mass is 16.3. The largest absolute Gasteiger partial charge is 0.382 e. The Morgan fingerprint density at radius 1 is 1.19 bits per heavy atom. The van der Waals surface area contributed by atoms with E-state index in [1.54, 1.807) is 6.08 Å². The average Bonchev–Trinajstić information content (AvgIpc) is 2.50. The van der Waals surface area contributed by atoms with Gasteiger partial charge in [0.25, 0.3) is 0 Å². The number of allylic oxidation sites excluding steroid dienone is 2. The Hall–Kier alpha value is -2.46. The van der Waals surface area contributed by atoms with E-state index in [4.69, 9.17) is 0 Å². The molecule has 1 aromatic rings. The third-order valence-electron chi connectivity index (χ3n) is 3.12. The number of benzene rings is 1. The van der Waals surface area contributed by atoms with Crippen LogP contribution in [-0.2, 0) is 9.59 Å². The van der Waals surface area contributed by atoms with Gasteiger partial charge in [0.2, 0.25) is 5.91 Å². The van der Waals surface area contributed by atoms with Crippen molar-refractivity contribution in [2.24, 2.45) is 0 Å². The van der Waals surface area contributed by atoms with Gasteiger partial charge in [0.1, 0.15) is 5.60 Å². The summed E-state index contributed by atoms with van der Waals surface area (Å²) in [4.78, 5) is 22.6. The Kier molecular flexibility index (Phi) is 4.85. The molecule has 0 radical (unpaired) electrons. The van der Waals surface area contributed by atoms with Gasteiger partial charge in [-0.15, -0.1) is 0 Å². The fourth-order valence-corrected chi connectivity index (χ4v) is 1.91. The van der Waals surface area contributed by atoms with Crippen molar-refractivity contribution in [2.75, 3.05) is 6.54 Å². The molecule has 0 heterocycles. The first-order valence-corrected chi connectivity index (χ1v) is 6.73. The van der Waals surface area contributed by atoms with Gasteiger partial charge in [0.15, 0.2) is 5.78 Å². The summed E-state index contributed by atoms with van der Waals surface area (Å²) < 4.78 is 0. The SMILES string of the molecule is O=C1C=CC(O)(CCNC(=O)/C=C/c2ccccc2)C=C1. The molecule has 0 saturated heterocycles. The highest BCUT2D eigenvalue weighted by molar-refractivity contribution is 6.00. The first kappa shape index (κ1) is 14.9. The molecular weight excluding hydrogens is 266 g/mol. The Labute approximate surface area is 123 Å². The summed E-state index contributed by atoms with van der Waals surface area (Å²) in [6.45, 7) is 0.317. The van der Waals surface area contributed by atoms with Gasteiger partial charge in [0, 0.05) is 19.0 Å². The van der Waals surface area contributed by atoms with Crippen LogP contribution >= 0.6 is 0 Å². The van der Waals surface area contributed by atoms with Crippen LogP contribution in [0.2, 0.25) is 0 Å². The van der Waals surface area contributed by atoms with Crippen molar-refractivity contribution >= 4 is 17.8 Å². The molecular formula is C17H17NO3. The van der Waals surface area contributed by atoms with Gasteiger partial charge in [-0.2, -0.15) is 0 Å². The van der Waals surface area contributed by atoms with E-state index in [0.29, 0.717) is 13.0 Å². The van der Waals surface area contributed by atoms with Crippen molar-refractivity contribution < 1.29 is 14.7 Å². The summed E-state index contributed by atoms with van der Waals surface area (Å²) in [7, 11) is 0. The van der Waals surface area contributed by atoms with E-state index in [1.165, 1.54) is 30.4 Å². The quantitative estimate of drug-likeness (QED) is 0.807. The molecule has 0 spiro atoms. The van der Waals surface area contributed by atoms with Gasteiger partial charge in [-0.25, -0.2) is 0 Å². The zero-order valence-electron chi connectivity index (χ0n) is 11.5. The summed E-state index contributed by atoms with van der Waals surface area (Å²) in [5.41, 5.74) is -0.215. The van der Waals surface area contributed by atoms with Crippen LogP contribution in [0, 0.1) is 0 Å². The van der Waals surface area contributed by atoms with Crippen LogP contribution < -0.4 is 5.32 Å². The van der Waals surface area contributed by atoms with Crippen LogP contribution in [0.5, 0.6) is 0 Å². The van der Waals surface area contributed by atoms with Gasteiger partial charge in [0.05, 0.1) is 0 Å². The first-order valence-electron chi connectivity index (χ1n) is 6.73. The van der Waals surface area contributed by atoms with Crippen LogP contribution in [0.25, 0.3) is 6.08 Å². The zero-order valence-corrected chi connectivity index (χ0v) is 11.5. The van der Waals surface area contributed by atoms with Gasteiger partial charge < -0.3 is 10.4 Å². The van der Waals surface area contributed by atoms with Gasteiger partial charge in [-0.05, 0) is 35.9 Å². The second kappa shape index (κ2) is 6.81. The molecule has 1 aliphatic carbocycles. The number of carbonyl (C=O) groups is 2. The van der Waals surface area contributed by atoms with Crippen molar-refractivity contribution in [3.05, 3.63) is 66.3 Å². The van der Waals surface area contributed by atoms with Gasteiger partial charge in [-0.1, -0.05) is 30.3 Å². The lowest BCUT2D eigenvalue weighted by atomic mass is 9.94. The van der Waals surface area contributed by atoms with E-state index in [2.05, 4.69) is 5.32 Å².